The van der Waals surface area contributed by atoms with Crippen LogP contribution in [0.15, 0.2) is 41.1 Å². The average Bonchev–Trinajstić information content (AvgIpc) is 3.38. The molecule has 4 rings (SSSR count). The van der Waals surface area contributed by atoms with Gasteiger partial charge in [0.2, 0.25) is 5.91 Å². The lowest BCUT2D eigenvalue weighted by molar-refractivity contribution is -0.137. The van der Waals surface area contributed by atoms with E-state index in [1.54, 1.807) is 13.0 Å². The van der Waals surface area contributed by atoms with Crippen molar-refractivity contribution in [2.75, 3.05) is 6.54 Å². The number of benzene rings is 1. The minimum absolute atomic E-state index is 0.0241. The first-order valence-corrected chi connectivity index (χ1v) is 9.48. The number of aromatic amines is 1. The molecule has 0 aliphatic carbocycles. The number of likely N-dealkylation sites (tertiary alicyclic amines) is 1. The van der Waals surface area contributed by atoms with Crippen molar-refractivity contribution < 1.29 is 19.2 Å². The number of para-hydroxylation sites is 1. The number of β-amino-alcohol motifs (C(OH)–C–C–N with tert-alkyl or cyclic N) is 1. The molecular weight excluding hydrogens is 358 g/mol. The van der Waals surface area contributed by atoms with Crippen molar-refractivity contribution in [2.24, 2.45) is 0 Å². The third-order valence-corrected chi connectivity index (χ3v) is 5.29. The highest BCUT2D eigenvalue weighted by Gasteiger charge is 2.38. The highest BCUT2D eigenvalue weighted by Crippen LogP contribution is 2.24. The molecule has 2 atom stereocenters. The Morgan fingerprint density at radius 2 is 2.18 bits per heavy atom. The van der Waals surface area contributed by atoms with Crippen molar-refractivity contribution >= 4 is 22.6 Å². The topological polar surface area (TPSA) is 99.4 Å². The van der Waals surface area contributed by atoms with Crippen molar-refractivity contribution in [3.8, 4) is 0 Å². The molecule has 1 aliphatic heterocycles. The molecule has 0 radical (unpaired) electrons. The van der Waals surface area contributed by atoms with Crippen LogP contribution >= 0.6 is 0 Å². The molecule has 0 spiro atoms. The summed E-state index contributed by atoms with van der Waals surface area (Å²) in [6.45, 7) is 1.96. The zero-order valence-corrected chi connectivity index (χ0v) is 15.7. The van der Waals surface area contributed by atoms with Crippen molar-refractivity contribution in [1.82, 2.24) is 15.0 Å². The largest absolute Gasteiger partial charge is 0.391 e. The summed E-state index contributed by atoms with van der Waals surface area (Å²) in [6.07, 6.45) is 2.50. The molecule has 3 heterocycles. The molecule has 7 heteroatoms. The number of nitrogens with one attached hydrogen (secondary N) is 1. The number of amides is 1. The van der Waals surface area contributed by atoms with Crippen LogP contribution in [0.2, 0.25) is 0 Å². The fourth-order valence-corrected chi connectivity index (χ4v) is 3.91. The Kier molecular flexibility index (Phi) is 5.00. The molecule has 1 aromatic carbocycles. The first kappa shape index (κ1) is 18.4. The summed E-state index contributed by atoms with van der Waals surface area (Å²) >= 11 is 0. The number of aryl methyl sites for hydroxylation is 2. The van der Waals surface area contributed by atoms with Gasteiger partial charge in [-0.1, -0.05) is 23.4 Å². The lowest BCUT2D eigenvalue weighted by atomic mass is 10.0. The van der Waals surface area contributed by atoms with Crippen LogP contribution in [0.3, 0.4) is 0 Å². The first-order valence-electron chi connectivity index (χ1n) is 9.48. The third kappa shape index (κ3) is 3.71. The molecule has 146 valence electrons. The van der Waals surface area contributed by atoms with E-state index < -0.39 is 12.1 Å². The molecule has 0 bridgehead atoms. The second-order valence-corrected chi connectivity index (χ2v) is 7.39. The van der Waals surface area contributed by atoms with Crippen molar-refractivity contribution in [1.29, 1.82) is 0 Å². The molecule has 7 nitrogen and oxygen atoms in total. The summed E-state index contributed by atoms with van der Waals surface area (Å²) in [4.78, 5) is 30.2. The minimum atomic E-state index is -0.678. The SMILES string of the molecule is Cc1cc(CC(=O)N2C[C@H](O)C[C@H]2C(=O)CCc2c[nH]c3ccccc23)on1. The van der Waals surface area contributed by atoms with E-state index in [1.165, 1.54) is 4.90 Å². The Morgan fingerprint density at radius 3 is 2.96 bits per heavy atom. The van der Waals surface area contributed by atoms with Crippen LogP contribution in [-0.2, 0) is 22.4 Å². The standard InChI is InChI=1S/C21H23N3O4/c1-13-8-16(28-23-13)10-21(27)24-12-15(25)9-19(24)20(26)7-6-14-11-22-18-5-3-2-4-17(14)18/h2-5,8,11,15,19,22,25H,6-7,9-10,12H2,1H3/t15-,19+/m1/s1. The number of aliphatic hydroxyl groups is 1. The number of carbonyl (C=O) groups excluding carboxylic acids is 2. The lowest BCUT2D eigenvalue weighted by Crippen LogP contribution is -2.41. The molecule has 28 heavy (non-hydrogen) atoms. The van der Waals surface area contributed by atoms with Gasteiger partial charge < -0.3 is 19.5 Å². The Balaban J connectivity index is 1.42. The number of rotatable bonds is 6. The smallest absolute Gasteiger partial charge is 0.231 e. The van der Waals surface area contributed by atoms with Crippen LogP contribution < -0.4 is 0 Å². The van der Waals surface area contributed by atoms with Crippen molar-refractivity contribution in [3.63, 3.8) is 0 Å². The maximum absolute atomic E-state index is 12.8. The fraction of sp³-hybridized carbons (Fsp3) is 0.381. The number of nitrogens with zero attached hydrogens (tertiary/aromatic N) is 2. The lowest BCUT2D eigenvalue weighted by Gasteiger charge is -2.23. The van der Waals surface area contributed by atoms with Crippen molar-refractivity contribution in [2.45, 2.75) is 44.8 Å². The van der Waals surface area contributed by atoms with Gasteiger partial charge in [-0.05, 0) is 25.0 Å². The summed E-state index contributed by atoms with van der Waals surface area (Å²) in [6, 6.07) is 9.09. The van der Waals surface area contributed by atoms with Gasteiger partial charge in [-0.2, -0.15) is 0 Å². The molecule has 1 fully saturated rings. The minimum Gasteiger partial charge on any atom is -0.391 e. The number of H-pyrrole nitrogens is 1. The number of hydrogen-bond donors (Lipinski definition) is 2. The van der Waals surface area contributed by atoms with E-state index in [2.05, 4.69) is 10.1 Å². The van der Waals surface area contributed by atoms with E-state index in [0.717, 1.165) is 16.5 Å². The summed E-state index contributed by atoms with van der Waals surface area (Å²) in [7, 11) is 0. The van der Waals surface area contributed by atoms with Gasteiger partial charge in [-0.3, -0.25) is 9.59 Å². The van der Waals surface area contributed by atoms with E-state index >= 15 is 0 Å². The van der Waals surface area contributed by atoms with Gasteiger partial charge in [0.15, 0.2) is 5.78 Å². The highest BCUT2D eigenvalue weighted by atomic mass is 16.5. The van der Waals surface area contributed by atoms with Gasteiger partial charge in [0.25, 0.3) is 0 Å². The normalized spacial score (nSPS) is 19.4. The zero-order chi connectivity index (χ0) is 19.7. The molecule has 3 aromatic rings. The van der Waals surface area contributed by atoms with Gasteiger partial charge in [0, 0.05) is 42.6 Å². The van der Waals surface area contributed by atoms with E-state index in [1.807, 2.05) is 30.5 Å². The quantitative estimate of drug-likeness (QED) is 0.682. The molecule has 1 aliphatic rings. The molecule has 0 saturated carbocycles. The molecule has 0 unspecified atom stereocenters. The third-order valence-electron chi connectivity index (χ3n) is 5.29. The number of Topliss-reactive ketones (excluding diaryl/α,β-unsaturated/α-hetero) is 1. The van der Waals surface area contributed by atoms with E-state index in [4.69, 9.17) is 4.52 Å². The maximum atomic E-state index is 12.8. The van der Waals surface area contributed by atoms with Crippen LogP contribution in [0.25, 0.3) is 10.9 Å². The Hall–Kier alpha value is -2.93. The second-order valence-electron chi connectivity index (χ2n) is 7.39. The summed E-state index contributed by atoms with van der Waals surface area (Å²) in [5.74, 6) is 0.218. The number of carbonyl (C=O) groups is 2. The average molecular weight is 381 g/mol. The van der Waals surface area contributed by atoms with E-state index in [9.17, 15) is 14.7 Å². The molecule has 1 saturated heterocycles. The number of hydrogen-bond acceptors (Lipinski definition) is 5. The first-order chi connectivity index (χ1) is 13.5. The second kappa shape index (κ2) is 7.59. The van der Waals surface area contributed by atoms with E-state index in [-0.39, 0.29) is 31.1 Å². The number of fused-ring (bicyclic) bond motifs is 1. The number of aromatic nitrogens is 2. The molecular formula is C21H23N3O4. The van der Waals surface area contributed by atoms with Gasteiger partial charge in [-0.25, -0.2) is 0 Å². The Labute approximate surface area is 162 Å². The fourth-order valence-electron chi connectivity index (χ4n) is 3.91. The summed E-state index contributed by atoms with van der Waals surface area (Å²) in [5, 5.41) is 14.9. The van der Waals surface area contributed by atoms with Crippen LogP contribution in [0, 0.1) is 6.92 Å². The molecule has 1 amide bonds. The Morgan fingerprint density at radius 1 is 1.36 bits per heavy atom. The predicted molar refractivity (Wildman–Crippen MR) is 103 cm³/mol. The van der Waals surface area contributed by atoms with Gasteiger partial charge in [-0.15, -0.1) is 0 Å². The van der Waals surface area contributed by atoms with Crippen molar-refractivity contribution in [3.05, 3.63) is 53.5 Å². The molecule has 2 aromatic heterocycles. The predicted octanol–water partition coefficient (Wildman–Crippen LogP) is 2.17. The number of aliphatic hydroxyl groups excluding tert-OH is 1. The summed E-state index contributed by atoms with van der Waals surface area (Å²) in [5.41, 5.74) is 2.83. The molecule has 2 N–H and O–H groups in total. The van der Waals surface area contributed by atoms with Crippen LogP contribution in [0.4, 0.5) is 0 Å². The van der Waals surface area contributed by atoms with Crippen LogP contribution in [0.5, 0.6) is 0 Å². The van der Waals surface area contributed by atoms with E-state index in [0.29, 0.717) is 24.3 Å². The van der Waals surface area contributed by atoms with Crippen LogP contribution in [-0.4, -0.2) is 50.5 Å². The highest BCUT2D eigenvalue weighted by molar-refractivity contribution is 5.91. The van der Waals surface area contributed by atoms with Crippen LogP contribution in [0.1, 0.15) is 29.9 Å². The Bertz CT molecular complexity index is 1010. The maximum Gasteiger partial charge on any atom is 0.231 e. The van der Waals surface area contributed by atoms with Gasteiger partial charge in [0.05, 0.1) is 24.3 Å². The number of ketones is 1. The monoisotopic (exact) mass is 381 g/mol. The zero-order valence-electron chi connectivity index (χ0n) is 15.7. The van der Waals surface area contributed by atoms with Gasteiger partial charge in [0.1, 0.15) is 5.76 Å². The van der Waals surface area contributed by atoms with Gasteiger partial charge >= 0.3 is 0 Å². The summed E-state index contributed by atoms with van der Waals surface area (Å²) < 4.78 is 5.11.